The minimum Gasteiger partial charge on any atom is -0.379 e. The molecular weight excluding hydrogens is 410 g/mol. The largest absolute Gasteiger partial charge is 0.379 e. The van der Waals surface area contributed by atoms with Crippen molar-refractivity contribution in [2.75, 3.05) is 32.8 Å². The number of hydrogen-bond donors (Lipinski definition) is 2. The van der Waals surface area contributed by atoms with Crippen molar-refractivity contribution in [2.45, 2.75) is 32.9 Å². The van der Waals surface area contributed by atoms with Crippen LogP contribution in [0.4, 0.5) is 4.79 Å². The molecule has 0 saturated carbocycles. The molecule has 0 bridgehead atoms. The number of rotatable bonds is 7. The van der Waals surface area contributed by atoms with E-state index in [-0.39, 0.29) is 18.3 Å². The van der Waals surface area contributed by atoms with E-state index in [0.29, 0.717) is 43.8 Å². The Bertz CT molecular complexity index is 935. The fourth-order valence-electron chi connectivity index (χ4n) is 3.61. The zero-order valence-corrected chi connectivity index (χ0v) is 18.2. The van der Waals surface area contributed by atoms with Crippen LogP contribution in [0.3, 0.4) is 0 Å². The van der Waals surface area contributed by atoms with Crippen LogP contribution in [0.15, 0.2) is 29.1 Å². The summed E-state index contributed by atoms with van der Waals surface area (Å²) in [6.45, 7) is 7.92. The summed E-state index contributed by atoms with van der Waals surface area (Å²) >= 11 is 0. The van der Waals surface area contributed by atoms with Crippen LogP contribution in [-0.2, 0) is 16.1 Å². The van der Waals surface area contributed by atoms with E-state index in [2.05, 4.69) is 10.2 Å². The van der Waals surface area contributed by atoms with Crippen molar-refractivity contribution >= 4 is 35.4 Å². The molecule has 0 aliphatic carbocycles. The van der Waals surface area contributed by atoms with Gasteiger partial charge in [0, 0.05) is 26.2 Å². The Morgan fingerprint density at radius 3 is 2.40 bits per heavy atom. The third-order valence-corrected chi connectivity index (χ3v) is 5.58. The molecule has 0 spiro atoms. The summed E-state index contributed by atoms with van der Waals surface area (Å²) in [5.41, 5.74) is 6.22. The summed E-state index contributed by atoms with van der Waals surface area (Å²) in [5.74, 6) is -0.751. The predicted octanol–water partition coefficient (Wildman–Crippen LogP) is 1.01. The van der Waals surface area contributed by atoms with Gasteiger partial charge in [-0.3, -0.25) is 14.3 Å². The molecule has 0 radical (unpaired) electrons. The zero-order chi connectivity index (χ0) is 21.0. The molecule has 2 amide bonds. The SMILES string of the molecule is CCC(C)C(NC(=O)n1c(=O)n(CCN2CCOCC2)c2ccccc21)C(N)=O.Cl. The van der Waals surface area contributed by atoms with E-state index in [1.165, 1.54) is 0 Å². The number of imidazole rings is 1. The number of fused-ring (bicyclic) bond motifs is 1. The minimum atomic E-state index is -0.838. The molecule has 166 valence electrons. The van der Waals surface area contributed by atoms with E-state index in [1.54, 1.807) is 16.7 Å². The van der Waals surface area contributed by atoms with E-state index in [9.17, 15) is 14.4 Å². The van der Waals surface area contributed by atoms with Crippen molar-refractivity contribution in [3.63, 3.8) is 0 Å². The maximum atomic E-state index is 13.1. The van der Waals surface area contributed by atoms with Gasteiger partial charge in [-0.1, -0.05) is 32.4 Å². The molecule has 2 aromatic rings. The van der Waals surface area contributed by atoms with Crippen LogP contribution in [0.25, 0.3) is 11.0 Å². The number of nitrogens with zero attached hydrogens (tertiary/aromatic N) is 3. The van der Waals surface area contributed by atoms with Crippen LogP contribution in [0.2, 0.25) is 0 Å². The first-order valence-corrected chi connectivity index (χ1v) is 10.0. The van der Waals surface area contributed by atoms with Crippen LogP contribution < -0.4 is 16.7 Å². The molecule has 3 N–H and O–H groups in total. The number of ether oxygens (including phenoxy) is 1. The molecule has 2 atom stereocenters. The lowest BCUT2D eigenvalue weighted by molar-refractivity contribution is -0.120. The number of para-hydroxylation sites is 2. The standard InChI is InChI=1S/C20H29N5O4.ClH/c1-3-14(2)17(18(21)26)22-19(27)25-16-7-5-4-6-15(16)24(20(25)28)9-8-23-10-12-29-13-11-23;/h4-7,14,17H,3,8-13H2,1-2H3,(H2,21,26)(H,22,27);1H. The van der Waals surface area contributed by atoms with E-state index in [0.717, 1.165) is 17.7 Å². The van der Waals surface area contributed by atoms with Gasteiger partial charge >= 0.3 is 11.7 Å². The van der Waals surface area contributed by atoms with Gasteiger partial charge in [-0.05, 0) is 18.1 Å². The molecular formula is C20H30ClN5O4. The second-order valence-corrected chi connectivity index (χ2v) is 7.43. The molecule has 1 fully saturated rings. The molecule has 3 rings (SSSR count). The van der Waals surface area contributed by atoms with Gasteiger partial charge in [0.1, 0.15) is 6.04 Å². The first-order chi connectivity index (χ1) is 13.9. The van der Waals surface area contributed by atoms with Gasteiger partial charge in [-0.25, -0.2) is 14.2 Å². The summed E-state index contributed by atoms with van der Waals surface area (Å²) < 4.78 is 8.06. The van der Waals surface area contributed by atoms with Gasteiger partial charge in [0.25, 0.3) is 0 Å². The second-order valence-electron chi connectivity index (χ2n) is 7.43. The normalized spacial score (nSPS) is 16.6. The van der Waals surface area contributed by atoms with Gasteiger partial charge in [0.05, 0.1) is 24.2 Å². The Hall–Kier alpha value is -2.36. The molecule has 1 aromatic heterocycles. The number of primary amides is 1. The highest BCUT2D eigenvalue weighted by Crippen LogP contribution is 2.14. The van der Waals surface area contributed by atoms with Gasteiger partial charge in [0.15, 0.2) is 0 Å². The average molecular weight is 440 g/mol. The highest BCUT2D eigenvalue weighted by Gasteiger charge is 2.26. The van der Waals surface area contributed by atoms with Gasteiger partial charge in [-0.15, -0.1) is 12.4 Å². The maximum Gasteiger partial charge on any atom is 0.337 e. The molecule has 2 heterocycles. The van der Waals surface area contributed by atoms with Crippen LogP contribution in [0.5, 0.6) is 0 Å². The minimum absolute atomic E-state index is 0. The monoisotopic (exact) mass is 439 g/mol. The molecule has 2 unspecified atom stereocenters. The molecule has 1 aromatic carbocycles. The molecule has 30 heavy (non-hydrogen) atoms. The molecule has 1 saturated heterocycles. The third kappa shape index (κ3) is 5.03. The fourth-order valence-corrected chi connectivity index (χ4v) is 3.61. The van der Waals surface area contributed by atoms with Gasteiger partial charge in [-0.2, -0.15) is 0 Å². The summed E-state index contributed by atoms with van der Waals surface area (Å²) in [6, 6.07) is 5.68. The van der Waals surface area contributed by atoms with Crippen molar-refractivity contribution in [2.24, 2.45) is 11.7 Å². The molecule has 10 heteroatoms. The fraction of sp³-hybridized carbons (Fsp3) is 0.550. The van der Waals surface area contributed by atoms with Crippen molar-refractivity contribution in [1.29, 1.82) is 0 Å². The van der Waals surface area contributed by atoms with Gasteiger partial charge < -0.3 is 15.8 Å². The first kappa shape index (κ1) is 23.9. The number of carbonyl (C=O) groups is 2. The van der Waals surface area contributed by atoms with Crippen LogP contribution >= 0.6 is 12.4 Å². The molecule has 1 aliphatic rings. The lowest BCUT2D eigenvalue weighted by Crippen LogP contribution is -2.51. The number of nitrogens with two attached hydrogens (primary N) is 1. The average Bonchev–Trinajstić information content (AvgIpc) is 3.01. The topological polar surface area (TPSA) is 112 Å². The molecule has 1 aliphatic heterocycles. The highest BCUT2D eigenvalue weighted by molar-refractivity contribution is 5.92. The predicted molar refractivity (Wildman–Crippen MR) is 117 cm³/mol. The third-order valence-electron chi connectivity index (χ3n) is 5.58. The van der Waals surface area contributed by atoms with Crippen LogP contribution in [0, 0.1) is 5.92 Å². The number of aromatic nitrogens is 2. The Balaban J connectivity index is 0.00000320. The Kier molecular flexibility index (Phi) is 8.45. The Morgan fingerprint density at radius 2 is 1.80 bits per heavy atom. The number of morpholine rings is 1. The second kappa shape index (κ2) is 10.6. The van der Waals surface area contributed by atoms with Crippen LogP contribution in [-0.4, -0.2) is 64.9 Å². The highest BCUT2D eigenvalue weighted by atomic mass is 35.5. The maximum absolute atomic E-state index is 13.1. The van der Waals surface area contributed by atoms with Crippen molar-refractivity contribution in [3.05, 3.63) is 34.7 Å². The number of amides is 2. The van der Waals surface area contributed by atoms with Crippen molar-refractivity contribution in [1.82, 2.24) is 19.4 Å². The van der Waals surface area contributed by atoms with E-state index < -0.39 is 23.7 Å². The number of benzene rings is 1. The zero-order valence-electron chi connectivity index (χ0n) is 17.4. The first-order valence-electron chi connectivity index (χ1n) is 10.0. The number of hydrogen-bond acceptors (Lipinski definition) is 5. The summed E-state index contributed by atoms with van der Waals surface area (Å²) in [4.78, 5) is 40.1. The number of nitrogens with one attached hydrogen (secondary N) is 1. The number of halogens is 1. The quantitative estimate of drug-likeness (QED) is 0.668. The van der Waals surface area contributed by atoms with Gasteiger partial charge in [0.2, 0.25) is 5.91 Å². The summed E-state index contributed by atoms with van der Waals surface area (Å²) in [7, 11) is 0. The summed E-state index contributed by atoms with van der Waals surface area (Å²) in [6.07, 6.45) is 0.671. The van der Waals surface area contributed by atoms with E-state index in [4.69, 9.17) is 10.5 Å². The Morgan fingerprint density at radius 1 is 1.17 bits per heavy atom. The Labute approximate surface area is 181 Å². The van der Waals surface area contributed by atoms with Crippen LogP contribution in [0.1, 0.15) is 20.3 Å². The van der Waals surface area contributed by atoms with Crippen molar-refractivity contribution < 1.29 is 14.3 Å². The molecule has 9 nitrogen and oxygen atoms in total. The lowest BCUT2D eigenvalue weighted by Gasteiger charge is -2.26. The van der Waals surface area contributed by atoms with Crippen molar-refractivity contribution in [3.8, 4) is 0 Å². The number of carbonyl (C=O) groups excluding carboxylic acids is 2. The van der Waals surface area contributed by atoms with E-state index >= 15 is 0 Å². The smallest absolute Gasteiger partial charge is 0.337 e. The summed E-state index contributed by atoms with van der Waals surface area (Å²) in [5, 5.41) is 2.64. The van der Waals surface area contributed by atoms with E-state index in [1.807, 2.05) is 26.0 Å². The lowest BCUT2D eigenvalue weighted by atomic mass is 9.99.